The first-order chi connectivity index (χ1) is 6.91. The Bertz CT molecular complexity index is 140. The summed E-state index contributed by atoms with van der Waals surface area (Å²) < 4.78 is 11.0. The van der Waals surface area contributed by atoms with E-state index in [-0.39, 0.29) is 12.2 Å². The molecule has 0 radical (unpaired) electrons. The Morgan fingerprint density at radius 2 is 1.20 bits per heavy atom. The van der Waals surface area contributed by atoms with Crippen LogP contribution in [0.1, 0.15) is 13.8 Å². The van der Waals surface area contributed by atoms with E-state index in [0.29, 0.717) is 15.3 Å². The van der Waals surface area contributed by atoms with E-state index in [9.17, 15) is 0 Å². The van der Waals surface area contributed by atoms with Gasteiger partial charge in [-0.15, -0.1) is 0 Å². The van der Waals surface area contributed by atoms with Crippen LogP contribution in [0.3, 0.4) is 0 Å². The molecule has 0 amide bonds. The molecule has 95 valence electrons. The van der Waals surface area contributed by atoms with E-state index in [1.165, 1.54) is 0 Å². The molecule has 0 saturated carbocycles. The van der Waals surface area contributed by atoms with Crippen molar-refractivity contribution in [1.29, 1.82) is 0 Å². The molecule has 15 heavy (non-hydrogen) atoms. The van der Waals surface area contributed by atoms with E-state index in [4.69, 9.17) is 7.70 Å². The summed E-state index contributed by atoms with van der Waals surface area (Å²) in [6, 6.07) is 0. The van der Waals surface area contributed by atoms with E-state index in [2.05, 4.69) is 9.80 Å². The summed E-state index contributed by atoms with van der Waals surface area (Å²) in [6.45, 7) is 5.92. The molecule has 0 rings (SSSR count). The Kier molecular flexibility index (Phi) is 8.69. The van der Waals surface area contributed by atoms with Crippen molar-refractivity contribution in [2.24, 2.45) is 0 Å². The zero-order valence-electron chi connectivity index (χ0n) is 10.6. The van der Waals surface area contributed by atoms with Crippen LogP contribution in [0.2, 0.25) is 0 Å². The minimum absolute atomic E-state index is 0.201. The average Bonchev–Trinajstić information content (AvgIpc) is 2.00. The summed E-state index contributed by atoms with van der Waals surface area (Å²) in [4.78, 5) is 4.20. The third-order valence-electron chi connectivity index (χ3n) is 1.58. The van der Waals surface area contributed by atoms with Gasteiger partial charge < -0.3 is 0 Å². The Morgan fingerprint density at radius 3 is 1.47 bits per heavy atom. The third kappa shape index (κ3) is 10.6. The van der Waals surface area contributed by atoms with Crippen molar-refractivity contribution >= 4 is 0 Å². The van der Waals surface area contributed by atoms with Crippen LogP contribution in [-0.4, -0.2) is 63.3 Å². The number of hydrogen-bond donors (Lipinski definition) is 0. The topological polar surface area (TPSA) is 24.9 Å². The van der Waals surface area contributed by atoms with E-state index in [1.54, 1.807) is 0 Å². The third-order valence-corrected chi connectivity index (χ3v) is 2.62. The quantitative estimate of drug-likeness (QED) is 0.647. The maximum absolute atomic E-state index is 5.49. The monoisotopic (exact) mass is 263 g/mol. The van der Waals surface area contributed by atoms with Crippen molar-refractivity contribution in [2.45, 2.75) is 26.1 Å². The molecular formula is C10H24CoN2O2. The summed E-state index contributed by atoms with van der Waals surface area (Å²) in [5, 5.41) is 0. The molecule has 2 unspecified atom stereocenters. The summed E-state index contributed by atoms with van der Waals surface area (Å²) in [6.07, 6.45) is 0.401. The molecule has 0 aliphatic carbocycles. The Morgan fingerprint density at radius 1 is 0.867 bits per heavy atom. The fraction of sp³-hybridized carbons (Fsp3) is 1.00. The molecule has 0 fully saturated rings. The second kappa shape index (κ2) is 8.49. The first-order valence-electron chi connectivity index (χ1n) is 5.14. The molecule has 0 N–H and O–H groups in total. The zero-order valence-corrected chi connectivity index (χ0v) is 11.7. The molecule has 0 aromatic rings. The van der Waals surface area contributed by atoms with Gasteiger partial charge in [-0.05, 0) is 0 Å². The molecule has 0 bridgehead atoms. The molecule has 5 heteroatoms. The van der Waals surface area contributed by atoms with Crippen LogP contribution in [-0.2, 0) is 23.0 Å². The second-order valence-corrected chi connectivity index (χ2v) is 5.02. The van der Waals surface area contributed by atoms with Gasteiger partial charge in [0, 0.05) is 0 Å². The van der Waals surface area contributed by atoms with Crippen molar-refractivity contribution in [3.8, 4) is 0 Å². The van der Waals surface area contributed by atoms with Crippen LogP contribution in [0.15, 0.2) is 0 Å². The Hall–Kier alpha value is 0.346. The average molecular weight is 263 g/mol. The van der Waals surface area contributed by atoms with Gasteiger partial charge >= 0.3 is 100 Å². The maximum atomic E-state index is 5.49. The molecule has 0 heterocycles. The first kappa shape index (κ1) is 15.3. The van der Waals surface area contributed by atoms with E-state index in [0.717, 1.165) is 13.1 Å². The standard InChI is InChI=1S/2C5H12NO.Co/c2*1-5(7)4-6(2)3;/h2*5H,4H2,1-3H3;/q2*-1;+2. The van der Waals surface area contributed by atoms with Gasteiger partial charge in [0.2, 0.25) is 0 Å². The van der Waals surface area contributed by atoms with Crippen molar-refractivity contribution in [1.82, 2.24) is 9.80 Å². The fourth-order valence-electron chi connectivity index (χ4n) is 1.21. The molecule has 0 saturated heterocycles. The van der Waals surface area contributed by atoms with Crippen molar-refractivity contribution in [2.75, 3.05) is 41.3 Å². The Labute approximate surface area is 101 Å². The SMILES string of the molecule is CC(CN(C)C)[O][Co][O]C(C)CN(C)C. The number of nitrogens with zero attached hydrogens (tertiary/aromatic N) is 2. The van der Waals surface area contributed by atoms with Gasteiger partial charge in [0.1, 0.15) is 0 Å². The molecule has 4 nitrogen and oxygen atoms in total. The minimum atomic E-state index is 0.201. The number of likely N-dealkylation sites (N-methyl/N-ethyl adjacent to an activating group) is 2. The molecular weight excluding hydrogens is 239 g/mol. The number of hydrogen-bond acceptors (Lipinski definition) is 4. The van der Waals surface area contributed by atoms with Gasteiger partial charge in [-0.1, -0.05) is 0 Å². The summed E-state index contributed by atoms with van der Waals surface area (Å²) in [5.74, 6) is 0. The van der Waals surface area contributed by atoms with Crippen LogP contribution in [0, 0.1) is 0 Å². The summed E-state index contributed by atoms with van der Waals surface area (Å²) >= 11 is 0.649. The van der Waals surface area contributed by atoms with Crippen LogP contribution in [0.25, 0.3) is 0 Å². The second-order valence-electron chi connectivity index (χ2n) is 4.36. The van der Waals surface area contributed by atoms with Crippen LogP contribution < -0.4 is 0 Å². The van der Waals surface area contributed by atoms with E-state index >= 15 is 0 Å². The van der Waals surface area contributed by atoms with Crippen LogP contribution in [0.4, 0.5) is 0 Å². The van der Waals surface area contributed by atoms with Gasteiger partial charge in [0.05, 0.1) is 0 Å². The number of rotatable bonds is 8. The van der Waals surface area contributed by atoms with Gasteiger partial charge in [0.15, 0.2) is 0 Å². The van der Waals surface area contributed by atoms with Crippen molar-refractivity contribution < 1.29 is 23.0 Å². The van der Waals surface area contributed by atoms with Gasteiger partial charge in [0.25, 0.3) is 0 Å². The molecule has 0 spiro atoms. The fourth-order valence-corrected chi connectivity index (χ4v) is 1.76. The predicted molar refractivity (Wildman–Crippen MR) is 58.2 cm³/mol. The molecule has 0 aromatic heterocycles. The zero-order chi connectivity index (χ0) is 11.8. The van der Waals surface area contributed by atoms with Gasteiger partial charge in [-0.3, -0.25) is 0 Å². The van der Waals surface area contributed by atoms with Crippen molar-refractivity contribution in [3.63, 3.8) is 0 Å². The van der Waals surface area contributed by atoms with E-state index in [1.807, 2.05) is 42.0 Å². The molecule has 0 aromatic carbocycles. The van der Waals surface area contributed by atoms with Gasteiger partial charge in [-0.2, -0.15) is 0 Å². The van der Waals surface area contributed by atoms with Crippen molar-refractivity contribution in [3.05, 3.63) is 0 Å². The predicted octanol–water partition coefficient (Wildman–Crippen LogP) is 0.832. The van der Waals surface area contributed by atoms with E-state index < -0.39 is 0 Å². The molecule has 0 aliphatic rings. The normalized spacial score (nSPS) is 16.3. The summed E-state index contributed by atoms with van der Waals surface area (Å²) in [7, 11) is 8.13. The van der Waals surface area contributed by atoms with Crippen LogP contribution in [0.5, 0.6) is 0 Å². The Balaban J connectivity index is 3.44. The van der Waals surface area contributed by atoms with Gasteiger partial charge in [-0.25, -0.2) is 0 Å². The molecule has 0 aliphatic heterocycles. The first-order valence-corrected chi connectivity index (χ1v) is 5.99. The molecule has 2 atom stereocenters. The summed E-state index contributed by atoms with van der Waals surface area (Å²) in [5.41, 5.74) is 0. The van der Waals surface area contributed by atoms with Crippen LogP contribution >= 0.6 is 0 Å².